The maximum Gasteiger partial charge on any atom is 0.166 e. The SMILES string of the molecule is Cc1ccc2nc(SCCNCCC(C)C)[nH]c2c1. The van der Waals surface area contributed by atoms with Crippen LogP contribution in [0.5, 0.6) is 0 Å². The van der Waals surface area contributed by atoms with E-state index < -0.39 is 0 Å². The molecule has 0 fully saturated rings. The first kappa shape index (κ1) is 14.4. The van der Waals surface area contributed by atoms with Crippen LogP contribution in [0.1, 0.15) is 25.8 Å². The quantitative estimate of drug-likeness (QED) is 0.600. The first-order chi connectivity index (χ1) is 9.15. The molecule has 0 bridgehead atoms. The number of fused-ring (bicyclic) bond motifs is 1. The van der Waals surface area contributed by atoms with Gasteiger partial charge >= 0.3 is 0 Å². The number of nitrogens with zero attached hydrogens (tertiary/aromatic N) is 1. The van der Waals surface area contributed by atoms with Gasteiger partial charge in [-0.15, -0.1) is 0 Å². The summed E-state index contributed by atoms with van der Waals surface area (Å²) in [5.41, 5.74) is 3.46. The fraction of sp³-hybridized carbons (Fsp3) is 0.533. The molecule has 0 aliphatic rings. The molecule has 1 aromatic heterocycles. The van der Waals surface area contributed by atoms with Crippen molar-refractivity contribution in [3.05, 3.63) is 23.8 Å². The molecular weight excluding hydrogens is 254 g/mol. The molecule has 0 saturated carbocycles. The van der Waals surface area contributed by atoms with E-state index in [1.807, 2.05) is 0 Å². The van der Waals surface area contributed by atoms with Crippen molar-refractivity contribution < 1.29 is 0 Å². The van der Waals surface area contributed by atoms with Crippen LogP contribution in [-0.2, 0) is 0 Å². The molecule has 1 aromatic carbocycles. The molecule has 4 heteroatoms. The number of hydrogen-bond acceptors (Lipinski definition) is 3. The fourth-order valence-electron chi connectivity index (χ4n) is 1.90. The summed E-state index contributed by atoms with van der Waals surface area (Å²) in [6.07, 6.45) is 1.24. The Labute approximate surface area is 119 Å². The predicted octanol–water partition coefficient (Wildman–Crippen LogP) is 3.60. The Balaban J connectivity index is 1.75. The number of imidazole rings is 1. The molecule has 3 nitrogen and oxygen atoms in total. The summed E-state index contributed by atoms with van der Waals surface area (Å²) < 4.78 is 0. The molecule has 1 heterocycles. The van der Waals surface area contributed by atoms with Gasteiger partial charge in [-0.1, -0.05) is 31.7 Å². The molecule has 0 atom stereocenters. The Kier molecular flexibility index (Phi) is 5.28. The summed E-state index contributed by atoms with van der Waals surface area (Å²) in [4.78, 5) is 7.95. The Hall–Kier alpha value is -1.00. The molecule has 2 rings (SSSR count). The summed E-state index contributed by atoms with van der Waals surface area (Å²) in [5.74, 6) is 1.83. The summed E-state index contributed by atoms with van der Waals surface area (Å²) >= 11 is 1.78. The monoisotopic (exact) mass is 277 g/mol. The lowest BCUT2D eigenvalue weighted by Crippen LogP contribution is -2.19. The van der Waals surface area contributed by atoms with Gasteiger partial charge in [0.25, 0.3) is 0 Å². The minimum atomic E-state index is 0.777. The van der Waals surface area contributed by atoms with Crippen molar-refractivity contribution in [2.75, 3.05) is 18.8 Å². The number of nitrogens with one attached hydrogen (secondary N) is 2. The molecule has 104 valence electrons. The van der Waals surface area contributed by atoms with Crippen molar-refractivity contribution in [1.29, 1.82) is 0 Å². The van der Waals surface area contributed by atoms with E-state index in [1.54, 1.807) is 11.8 Å². The maximum absolute atomic E-state index is 4.58. The smallest absolute Gasteiger partial charge is 0.166 e. The number of aromatic nitrogens is 2. The van der Waals surface area contributed by atoms with Crippen LogP contribution in [0.2, 0.25) is 0 Å². The minimum absolute atomic E-state index is 0.777. The van der Waals surface area contributed by atoms with Crippen LogP contribution in [0.4, 0.5) is 0 Å². The number of benzene rings is 1. The van der Waals surface area contributed by atoms with Gasteiger partial charge in [0.05, 0.1) is 11.0 Å². The van der Waals surface area contributed by atoms with E-state index in [4.69, 9.17) is 0 Å². The van der Waals surface area contributed by atoms with Gasteiger partial charge in [0.2, 0.25) is 0 Å². The molecular formula is C15H23N3S. The Bertz CT molecular complexity index is 519. The van der Waals surface area contributed by atoms with E-state index >= 15 is 0 Å². The van der Waals surface area contributed by atoms with E-state index in [0.29, 0.717) is 0 Å². The molecule has 0 unspecified atom stereocenters. The second-order valence-corrected chi connectivity index (χ2v) is 6.43. The number of thioether (sulfide) groups is 1. The molecule has 0 saturated heterocycles. The van der Waals surface area contributed by atoms with Crippen molar-refractivity contribution in [3.63, 3.8) is 0 Å². The van der Waals surface area contributed by atoms with Crippen molar-refractivity contribution in [2.24, 2.45) is 5.92 Å². The van der Waals surface area contributed by atoms with Gasteiger partial charge < -0.3 is 10.3 Å². The third-order valence-corrected chi connectivity index (χ3v) is 3.91. The highest BCUT2D eigenvalue weighted by molar-refractivity contribution is 7.99. The maximum atomic E-state index is 4.58. The zero-order chi connectivity index (χ0) is 13.7. The lowest BCUT2D eigenvalue weighted by molar-refractivity contribution is 0.547. The zero-order valence-corrected chi connectivity index (χ0v) is 12.8. The third-order valence-electron chi connectivity index (χ3n) is 3.03. The first-order valence-electron chi connectivity index (χ1n) is 6.95. The van der Waals surface area contributed by atoms with Crippen LogP contribution in [0, 0.1) is 12.8 Å². The van der Waals surface area contributed by atoms with Crippen LogP contribution in [-0.4, -0.2) is 28.8 Å². The molecule has 0 amide bonds. The van der Waals surface area contributed by atoms with Crippen LogP contribution < -0.4 is 5.32 Å². The number of aromatic amines is 1. The molecule has 0 aliphatic heterocycles. The second kappa shape index (κ2) is 6.96. The topological polar surface area (TPSA) is 40.7 Å². The first-order valence-corrected chi connectivity index (χ1v) is 7.93. The van der Waals surface area contributed by atoms with Crippen molar-refractivity contribution in [1.82, 2.24) is 15.3 Å². The van der Waals surface area contributed by atoms with Gasteiger partial charge in [-0.25, -0.2) is 4.98 Å². The van der Waals surface area contributed by atoms with Gasteiger partial charge in [-0.3, -0.25) is 0 Å². The average Bonchev–Trinajstić information content (AvgIpc) is 2.75. The molecule has 0 radical (unpaired) electrons. The molecule has 19 heavy (non-hydrogen) atoms. The third kappa shape index (κ3) is 4.55. The standard InChI is InChI=1S/C15H23N3S/c1-11(2)6-7-16-8-9-19-15-17-13-5-4-12(3)10-14(13)18-15/h4-5,10-11,16H,6-9H2,1-3H3,(H,17,18). The van der Waals surface area contributed by atoms with Crippen LogP contribution >= 0.6 is 11.8 Å². The van der Waals surface area contributed by atoms with Crippen LogP contribution in [0.3, 0.4) is 0 Å². The highest BCUT2D eigenvalue weighted by Gasteiger charge is 2.03. The highest BCUT2D eigenvalue weighted by atomic mass is 32.2. The molecule has 2 aromatic rings. The van der Waals surface area contributed by atoms with Crippen molar-refractivity contribution in [3.8, 4) is 0 Å². The predicted molar refractivity (Wildman–Crippen MR) is 83.9 cm³/mol. The Morgan fingerprint density at radius 2 is 2.16 bits per heavy atom. The van der Waals surface area contributed by atoms with E-state index in [9.17, 15) is 0 Å². The van der Waals surface area contributed by atoms with Crippen molar-refractivity contribution >= 4 is 22.8 Å². The average molecular weight is 277 g/mol. The van der Waals surface area contributed by atoms with Gasteiger partial charge in [0.15, 0.2) is 5.16 Å². The van der Waals surface area contributed by atoms with Crippen LogP contribution in [0.25, 0.3) is 11.0 Å². The minimum Gasteiger partial charge on any atom is -0.333 e. The van der Waals surface area contributed by atoms with E-state index in [2.05, 4.69) is 54.3 Å². The van der Waals surface area contributed by atoms with E-state index in [-0.39, 0.29) is 0 Å². The van der Waals surface area contributed by atoms with Crippen molar-refractivity contribution in [2.45, 2.75) is 32.3 Å². The van der Waals surface area contributed by atoms with E-state index in [0.717, 1.165) is 41.0 Å². The fourth-order valence-corrected chi connectivity index (χ4v) is 2.69. The van der Waals surface area contributed by atoms with Gasteiger partial charge in [0, 0.05) is 12.3 Å². The number of hydrogen-bond donors (Lipinski definition) is 2. The number of aryl methyl sites for hydroxylation is 1. The number of rotatable bonds is 7. The van der Waals surface area contributed by atoms with Crippen LogP contribution in [0.15, 0.2) is 23.4 Å². The summed E-state index contributed by atoms with van der Waals surface area (Å²) in [7, 11) is 0. The van der Waals surface area contributed by atoms with Gasteiger partial charge in [-0.05, 0) is 43.5 Å². The highest BCUT2D eigenvalue weighted by Crippen LogP contribution is 2.19. The summed E-state index contributed by atoms with van der Waals surface area (Å²) in [6, 6.07) is 6.32. The van der Waals surface area contributed by atoms with E-state index in [1.165, 1.54) is 12.0 Å². The lowest BCUT2D eigenvalue weighted by Gasteiger charge is -2.05. The molecule has 2 N–H and O–H groups in total. The van der Waals surface area contributed by atoms with Gasteiger partial charge in [0.1, 0.15) is 0 Å². The Morgan fingerprint density at radius 3 is 2.95 bits per heavy atom. The largest absolute Gasteiger partial charge is 0.333 e. The molecule has 0 aliphatic carbocycles. The summed E-state index contributed by atoms with van der Waals surface area (Å²) in [5, 5.41) is 4.49. The van der Waals surface area contributed by atoms with Gasteiger partial charge in [-0.2, -0.15) is 0 Å². The summed E-state index contributed by atoms with van der Waals surface area (Å²) in [6.45, 7) is 8.76. The lowest BCUT2D eigenvalue weighted by atomic mass is 10.1. The second-order valence-electron chi connectivity index (χ2n) is 5.34. The zero-order valence-electron chi connectivity index (χ0n) is 12.0. The normalized spacial score (nSPS) is 11.6. The number of H-pyrrole nitrogens is 1. The Morgan fingerprint density at radius 1 is 1.32 bits per heavy atom. The molecule has 0 spiro atoms.